The Bertz CT molecular complexity index is 1140. The number of carbonyl (C=O) groups excluding carboxylic acids is 2. The lowest BCUT2D eigenvalue weighted by atomic mass is 9.96. The Hall–Kier alpha value is -2.86. The number of primary amides is 1. The van der Waals surface area contributed by atoms with Crippen LogP contribution >= 0.6 is 0 Å². The van der Waals surface area contributed by atoms with Crippen LogP contribution in [0.25, 0.3) is 0 Å². The van der Waals surface area contributed by atoms with Gasteiger partial charge in [-0.25, -0.2) is 8.42 Å². The number of aryl methyl sites for hydroxylation is 1. The zero-order valence-electron chi connectivity index (χ0n) is 18.2. The van der Waals surface area contributed by atoms with Gasteiger partial charge in [-0.3, -0.25) is 9.59 Å². The second kappa shape index (κ2) is 9.18. The summed E-state index contributed by atoms with van der Waals surface area (Å²) >= 11 is 0. The minimum atomic E-state index is -4.42. The van der Waals surface area contributed by atoms with Gasteiger partial charge in [0, 0.05) is 45.8 Å². The fourth-order valence-corrected chi connectivity index (χ4v) is 5.42. The predicted molar refractivity (Wildman–Crippen MR) is 113 cm³/mol. The van der Waals surface area contributed by atoms with Crippen molar-refractivity contribution in [3.63, 3.8) is 0 Å². The topological polar surface area (TPSA) is 106 Å². The van der Waals surface area contributed by atoms with Crippen molar-refractivity contribution in [3.8, 4) is 0 Å². The summed E-state index contributed by atoms with van der Waals surface area (Å²) in [6.45, 7) is 0.413. The lowest BCUT2D eigenvalue weighted by Gasteiger charge is -2.32. The summed E-state index contributed by atoms with van der Waals surface area (Å²) in [7, 11) is -0.751. The summed E-state index contributed by atoms with van der Waals surface area (Å²) < 4.78 is 66.5. The summed E-state index contributed by atoms with van der Waals surface area (Å²) in [4.78, 5) is 25.6. The molecule has 2 N–H and O–H groups in total. The molecule has 1 fully saturated rings. The Morgan fingerprint density at radius 2 is 1.73 bits per heavy atom. The second-order valence-electron chi connectivity index (χ2n) is 8.10. The molecule has 1 aliphatic heterocycles. The Morgan fingerprint density at radius 1 is 1.15 bits per heavy atom. The molecule has 2 heterocycles. The molecule has 0 saturated carbocycles. The van der Waals surface area contributed by atoms with E-state index in [0.717, 1.165) is 12.1 Å². The van der Waals surface area contributed by atoms with E-state index in [0.29, 0.717) is 18.4 Å². The average Bonchev–Trinajstić information content (AvgIpc) is 3.16. The lowest BCUT2D eigenvalue weighted by Crippen LogP contribution is -2.43. The predicted octanol–water partition coefficient (Wildman–Crippen LogP) is 2.20. The number of rotatable bonds is 6. The van der Waals surface area contributed by atoms with Crippen LogP contribution in [-0.4, -0.2) is 54.1 Å². The number of hydrogen-bond acceptors (Lipinski definition) is 4. The van der Waals surface area contributed by atoms with Crippen LogP contribution in [0.4, 0.5) is 13.2 Å². The molecular weight excluding hydrogens is 461 g/mol. The number of amides is 2. The van der Waals surface area contributed by atoms with Crippen LogP contribution in [0.1, 0.15) is 34.5 Å². The molecule has 0 aliphatic carbocycles. The number of nitrogens with two attached hydrogens (primary N) is 1. The van der Waals surface area contributed by atoms with Crippen molar-refractivity contribution in [2.45, 2.75) is 30.5 Å². The number of nitrogens with zero attached hydrogens (tertiary/aromatic N) is 3. The van der Waals surface area contributed by atoms with Crippen molar-refractivity contribution in [1.29, 1.82) is 0 Å². The van der Waals surface area contributed by atoms with Crippen LogP contribution in [0.3, 0.4) is 0 Å². The van der Waals surface area contributed by atoms with E-state index in [1.807, 2.05) is 0 Å². The third kappa shape index (κ3) is 5.38. The van der Waals surface area contributed by atoms with Gasteiger partial charge in [0.15, 0.2) is 0 Å². The van der Waals surface area contributed by atoms with E-state index in [9.17, 15) is 31.2 Å². The minimum absolute atomic E-state index is 0.0389. The molecule has 33 heavy (non-hydrogen) atoms. The lowest BCUT2D eigenvalue weighted by molar-refractivity contribution is -0.138. The van der Waals surface area contributed by atoms with Crippen LogP contribution in [-0.2, 0) is 34.6 Å². The monoisotopic (exact) mass is 486 g/mol. The number of aromatic nitrogens is 1. The molecule has 0 spiro atoms. The van der Waals surface area contributed by atoms with Crippen molar-refractivity contribution in [2.75, 3.05) is 20.1 Å². The second-order valence-corrected chi connectivity index (χ2v) is 10.0. The first kappa shape index (κ1) is 24.8. The van der Waals surface area contributed by atoms with E-state index in [4.69, 9.17) is 5.73 Å². The van der Waals surface area contributed by atoms with Gasteiger partial charge in [0.2, 0.25) is 15.9 Å². The van der Waals surface area contributed by atoms with Crippen molar-refractivity contribution in [3.05, 3.63) is 53.3 Å². The van der Waals surface area contributed by atoms with Gasteiger partial charge < -0.3 is 15.2 Å². The third-order valence-corrected chi connectivity index (χ3v) is 7.61. The van der Waals surface area contributed by atoms with Gasteiger partial charge >= 0.3 is 6.18 Å². The Labute approximate surface area is 189 Å². The molecule has 1 aromatic carbocycles. The first-order chi connectivity index (χ1) is 15.3. The van der Waals surface area contributed by atoms with Crippen molar-refractivity contribution in [1.82, 2.24) is 13.8 Å². The molecule has 12 heteroatoms. The largest absolute Gasteiger partial charge is 0.416 e. The Morgan fingerprint density at radius 3 is 2.21 bits per heavy atom. The van der Waals surface area contributed by atoms with E-state index in [1.54, 1.807) is 7.05 Å². The highest BCUT2D eigenvalue weighted by Gasteiger charge is 2.34. The van der Waals surface area contributed by atoms with Gasteiger partial charge in [0.05, 0.1) is 5.56 Å². The van der Waals surface area contributed by atoms with Gasteiger partial charge in [-0.2, -0.15) is 17.5 Å². The van der Waals surface area contributed by atoms with Gasteiger partial charge in [0.1, 0.15) is 10.6 Å². The highest BCUT2D eigenvalue weighted by Crippen LogP contribution is 2.30. The first-order valence-electron chi connectivity index (χ1n) is 10.2. The number of alkyl halides is 3. The maximum absolute atomic E-state index is 12.9. The standard InChI is InChI=1S/C21H25F3N4O4S/c1-26-13-17(11-18(26)19(25)29)33(31,32)28-9-7-15(8-10-28)20(30)27(2)12-14-3-5-16(6-4-14)21(22,23)24/h3-6,11,13,15H,7-10,12H2,1-2H3,(H2,25,29). The summed E-state index contributed by atoms with van der Waals surface area (Å²) in [6, 6.07) is 5.85. The van der Waals surface area contributed by atoms with Crippen molar-refractivity contribution >= 4 is 21.8 Å². The zero-order chi connectivity index (χ0) is 24.6. The Balaban J connectivity index is 1.60. The quantitative estimate of drug-likeness (QED) is 0.676. The molecule has 180 valence electrons. The van der Waals surface area contributed by atoms with Gasteiger partial charge in [-0.15, -0.1) is 0 Å². The SMILES string of the molecule is CN(Cc1ccc(C(F)(F)F)cc1)C(=O)C1CCN(S(=O)(=O)c2cc(C(N)=O)n(C)c2)CC1. The van der Waals surface area contributed by atoms with E-state index < -0.39 is 33.6 Å². The molecule has 0 unspecified atom stereocenters. The fraction of sp³-hybridized carbons (Fsp3) is 0.429. The number of benzene rings is 1. The summed E-state index contributed by atoms with van der Waals surface area (Å²) in [5.74, 6) is -1.32. The van der Waals surface area contributed by atoms with Gasteiger partial charge in [-0.05, 0) is 36.6 Å². The number of hydrogen-bond donors (Lipinski definition) is 1. The van der Waals surface area contributed by atoms with E-state index in [2.05, 4.69) is 0 Å². The van der Waals surface area contributed by atoms with Crippen molar-refractivity contribution in [2.24, 2.45) is 18.7 Å². The van der Waals surface area contributed by atoms with Crippen LogP contribution in [0.5, 0.6) is 0 Å². The van der Waals surface area contributed by atoms with E-state index in [-0.39, 0.29) is 36.1 Å². The third-order valence-electron chi connectivity index (χ3n) is 5.75. The average molecular weight is 487 g/mol. The van der Waals surface area contributed by atoms with Crippen molar-refractivity contribution < 1.29 is 31.2 Å². The fourth-order valence-electron chi connectivity index (χ4n) is 3.88. The molecule has 0 bridgehead atoms. The number of halogens is 3. The molecular formula is C21H25F3N4O4S. The van der Waals surface area contributed by atoms with Gasteiger partial charge in [0.25, 0.3) is 5.91 Å². The van der Waals surface area contributed by atoms with Crippen LogP contribution in [0.2, 0.25) is 0 Å². The molecule has 3 rings (SSSR count). The van der Waals surface area contributed by atoms with Gasteiger partial charge in [-0.1, -0.05) is 12.1 Å². The van der Waals surface area contributed by atoms with Crippen LogP contribution in [0.15, 0.2) is 41.4 Å². The Kier molecular flexibility index (Phi) is 6.89. The molecule has 0 radical (unpaired) electrons. The number of carbonyl (C=O) groups is 2. The first-order valence-corrected chi connectivity index (χ1v) is 11.6. The van der Waals surface area contributed by atoms with E-state index in [1.165, 1.54) is 45.2 Å². The van der Waals surface area contributed by atoms with Crippen LogP contribution in [0, 0.1) is 5.92 Å². The highest BCUT2D eigenvalue weighted by atomic mass is 32.2. The molecule has 0 atom stereocenters. The zero-order valence-corrected chi connectivity index (χ0v) is 19.0. The highest BCUT2D eigenvalue weighted by molar-refractivity contribution is 7.89. The van der Waals surface area contributed by atoms with Crippen LogP contribution < -0.4 is 5.73 Å². The molecule has 1 saturated heterocycles. The minimum Gasteiger partial charge on any atom is -0.364 e. The summed E-state index contributed by atoms with van der Waals surface area (Å²) in [6.07, 6.45) is -2.48. The summed E-state index contributed by atoms with van der Waals surface area (Å²) in [5.41, 5.74) is 5.13. The smallest absolute Gasteiger partial charge is 0.364 e. The normalized spacial score (nSPS) is 16.0. The summed E-state index contributed by atoms with van der Waals surface area (Å²) in [5, 5.41) is 0. The molecule has 2 aromatic rings. The molecule has 1 aliphatic rings. The number of sulfonamides is 1. The maximum Gasteiger partial charge on any atom is 0.416 e. The molecule has 1 aromatic heterocycles. The number of piperidine rings is 1. The maximum atomic E-state index is 12.9. The molecule has 2 amide bonds. The molecule has 8 nitrogen and oxygen atoms in total. The van der Waals surface area contributed by atoms with E-state index >= 15 is 0 Å².